The summed E-state index contributed by atoms with van der Waals surface area (Å²) in [4.78, 5) is 16.6. The number of hydrogen-bond acceptors (Lipinski definition) is 5. The molecule has 0 amide bonds. The zero-order chi connectivity index (χ0) is 14.8. The van der Waals surface area contributed by atoms with Crippen LogP contribution in [0.4, 0.5) is 5.13 Å². The fourth-order valence-electron chi connectivity index (χ4n) is 2.57. The number of carbonyl (C=O) groups is 1. The lowest BCUT2D eigenvalue weighted by molar-refractivity contribution is -0.148. The molecule has 2 rings (SSSR count). The maximum Gasteiger partial charge on any atom is 0.317 e. The Morgan fingerprint density at radius 1 is 1.50 bits per heavy atom. The van der Waals surface area contributed by atoms with Gasteiger partial charge in [-0.2, -0.15) is 0 Å². The van der Waals surface area contributed by atoms with Crippen LogP contribution in [0.1, 0.15) is 59.1 Å². The summed E-state index contributed by atoms with van der Waals surface area (Å²) in [7, 11) is 0. The molecule has 1 fully saturated rings. The zero-order valence-electron chi connectivity index (χ0n) is 12.8. The largest absolute Gasteiger partial charge is 0.465 e. The van der Waals surface area contributed by atoms with Crippen LogP contribution in [0, 0.1) is 0 Å². The summed E-state index contributed by atoms with van der Waals surface area (Å²) in [5, 5.41) is 6.40. The first-order valence-electron chi connectivity index (χ1n) is 7.29. The normalized spacial score (nSPS) is 18.0. The first-order valence-corrected chi connectivity index (χ1v) is 8.17. The fraction of sp³-hybridized carbons (Fsp3) is 0.733. The predicted molar refractivity (Wildman–Crippen MR) is 82.3 cm³/mol. The molecule has 0 unspecified atom stereocenters. The Morgan fingerprint density at radius 2 is 2.15 bits per heavy atom. The number of thiazole rings is 1. The number of aromatic nitrogens is 1. The van der Waals surface area contributed by atoms with Crippen molar-refractivity contribution in [2.75, 3.05) is 11.9 Å². The first kappa shape index (κ1) is 15.3. The van der Waals surface area contributed by atoms with Crippen LogP contribution in [0.15, 0.2) is 5.38 Å². The monoisotopic (exact) mass is 296 g/mol. The van der Waals surface area contributed by atoms with E-state index in [1.54, 1.807) is 11.3 Å². The Morgan fingerprint density at radius 3 is 2.75 bits per heavy atom. The highest BCUT2D eigenvalue weighted by Gasteiger charge is 2.35. The lowest BCUT2D eigenvalue weighted by atomic mass is 9.90. The minimum Gasteiger partial charge on any atom is -0.465 e. The predicted octanol–water partition coefficient (Wildman–Crippen LogP) is 3.73. The number of esters is 1. The van der Waals surface area contributed by atoms with E-state index < -0.39 is 5.41 Å². The van der Waals surface area contributed by atoms with Crippen molar-refractivity contribution in [1.29, 1.82) is 0 Å². The number of carbonyl (C=O) groups excluding carboxylic acids is 1. The summed E-state index contributed by atoms with van der Waals surface area (Å²) in [6.07, 6.45) is 4.92. The molecule has 0 atom stereocenters. The van der Waals surface area contributed by atoms with Crippen LogP contribution in [0.25, 0.3) is 0 Å². The smallest absolute Gasteiger partial charge is 0.317 e. The van der Waals surface area contributed by atoms with E-state index in [0.717, 1.165) is 10.8 Å². The molecule has 1 aliphatic rings. The third-order valence-corrected chi connectivity index (χ3v) is 4.80. The summed E-state index contributed by atoms with van der Waals surface area (Å²) in [5.74, 6) is -0.219. The van der Waals surface area contributed by atoms with Gasteiger partial charge in [0.25, 0.3) is 0 Å². The molecule has 20 heavy (non-hydrogen) atoms. The molecular weight excluding hydrogens is 272 g/mol. The van der Waals surface area contributed by atoms with Crippen LogP contribution in [0.5, 0.6) is 0 Å². The number of ether oxygens (including phenoxy) is 1. The van der Waals surface area contributed by atoms with Gasteiger partial charge in [0.1, 0.15) is 5.41 Å². The van der Waals surface area contributed by atoms with Gasteiger partial charge in [-0.25, -0.2) is 4.98 Å². The number of anilines is 1. The molecule has 0 radical (unpaired) electrons. The van der Waals surface area contributed by atoms with E-state index in [1.807, 2.05) is 26.2 Å². The van der Waals surface area contributed by atoms with E-state index in [4.69, 9.17) is 4.74 Å². The quantitative estimate of drug-likeness (QED) is 0.841. The van der Waals surface area contributed by atoms with Crippen LogP contribution in [-0.4, -0.2) is 23.1 Å². The van der Waals surface area contributed by atoms with Gasteiger partial charge in [0.05, 0.1) is 12.3 Å². The summed E-state index contributed by atoms with van der Waals surface area (Å²) < 4.78 is 5.13. The Balaban J connectivity index is 2.10. The second kappa shape index (κ2) is 5.72. The molecule has 1 aliphatic carbocycles. The van der Waals surface area contributed by atoms with E-state index in [1.165, 1.54) is 25.7 Å². The molecule has 0 bridgehead atoms. The molecule has 1 N–H and O–H groups in total. The SMILES string of the molecule is CCOC(=O)C(C)(C)c1csc(NC2(C)CCCC2)n1. The molecule has 4 nitrogen and oxygen atoms in total. The highest BCUT2D eigenvalue weighted by Crippen LogP contribution is 2.35. The Kier molecular flexibility index (Phi) is 4.37. The number of rotatable bonds is 5. The maximum absolute atomic E-state index is 12.0. The van der Waals surface area contributed by atoms with Crippen molar-refractivity contribution in [3.8, 4) is 0 Å². The number of nitrogens with zero attached hydrogens (tertiary/aromatic N) is 1. The second-order valence-electron chi connectivity index (χ2n) is 6.28. The van der Waals surface area contributed by atoms with Crippen LogP contribution >= 0.6 is 11.3 Å². The Labute approximate surface area is 124 Å². The van der Waals surface area contributed by atoms with Crippen LogP contribution in [0.3, 0.4) is 0 Å². The van der Waals surface area contributed by atoms with E-state index >= 15 is 0 Å². The van der Waals surface area contributed by atoms with Crippen molar-refractivity contribution in [3.63, 3.8) is 0 Å². The van der Waals surface area contributed by atoms with Crippen molar-refractivity contribution in [3.05, 3.63) is 11.1 Å². The fourth-order valence-corrected chi connectivity index (χ4v) is 3.60. The van der Waals surface area contributed by atoms with Gasteiger partial charge in [-0.05, 0) is 40.5 Å². The summed E-state index contributed by atoms with van der Waals surface area (Å²) >= 11 is 1.57. The highest BCUT2D eigenvalue weighted by atomic mass is 32.1. The number of nitrogens with one attached hydrogen (secondary N) is 1. The molecular formula is C15H24N2O2S. The summed E-state index contributed by atoms with van der Waals surface area (Å²) in [6, 6.07) is 0. The van der Waals surface area contributed by atoms with Gasteiger partial charge in [0, 0.05) is 10.9 Å². The molecule has 0 saturated heterocycles. The topological polar surface area (TPSA) is 51.2 Å². The van der Waals surface area contributed by atoms with E-state index in [2.05, 4.69) is 17.2 Å². The zero-order valence-corrected chi connectivity index (χ0v) is 13.6. The first-order chi connectivity index (χ1) is 9.37. The Bertz CT molecular complexity index is 476. The minimum atomic E-state index is -0.691. The average molecular weight is 296 g/mol. The van der Waals surface area contributed by atoms with Gasteiger partial charge in [0.15, 0.2) is 5.13 Å². The molecule has 1 aromatic rings. The molecule has 112 valence electrons. The lowest BCUT2D eigenvalue weighted by Gasteiger charge is -2.25. The number of hydrogen-bond donors (Lipinski definition) is 1. The third kappa shape index (κ3) is 3.14. The molecule has 0 aromatic carbocycles. The molecule has 1 aromatic heterocycles. The highest BCUT2D eigenvalue weighted by molar-refractivity contribution is 7.13. The molecule has 1 heterocycles. The molecule has 0 spiro atoms. The van der Waals surface area contributed by atoms with Gasteiger partial charge in [-0.3, -0.25) is 4.79 Å². The third-order valence-electron chi connectivity index (χ3n) is 4.05. The summed E-state index contributed by atoms with van der Waals surface area (Å²) in [5.41, 5.74) is 0.247. The molecule has 1 saturated carbocycles. The van der Waals surface area contributed by atoms with Crippen LogP contribution in [0.2, 0.25) is 0 Å². The lowest BCUT2D eigenvalue weighted by Crippen LogP contribution is -2.32. The van der Waals surface area contributed by atoms with Crippen molar-refractivity contribution >= 4 is 22.4 Å². The van der Waals surface area contributed by atoms with Gasteiger partial charge >= 0.3 is 5.97 Å². The van der Waals surface area contributed by atoms with Crippen molar-refractivity contribution in [2.45, 2.75) is 64.3 Å². The molecule has 5 heteroatoms. The summed E-state index contributed by atoms with van der Waals surface area (Å²) in [6.45, 7) is 8.19. The average Bonchev–Trinajstić information content (AvgIpc) is 2.99. The maximum atomic E-state index is 12.0. The van der Waals surface area contributed by atoms with Crippen LogP contribution in [-0.2, 0) is 14.9 Å². The Hall–Kier alpha value is -1.10. The van der Waals surface area contributed by atoms with E-state index in [9.17, 15) is 4.79 Å². The minimum absolute atomic E-state index is 0.156. The standard InChI is InChI=1S/C15H24N2O2S/c1-5-19-12(18)14(2,3)11-10-20-13(16-11)17-15(4)8-6-7-9-15/h10H,5-9H2,1-4H3,(H,16,17). The molecule has 0 aliphatic heterocycles. The van der Waals surface area contributed by atoms with Gasteiger partial charge in [-0.1, -0.05) is 12.8 Å². The van der Waals surface area contributed by atoms with Gasteiger partial charge in [0.2, 0.25) is 0 Å². The van der Waals surface area contributed by atoms with Crippen molar-refractivity contribution < 1.29 is 9.53 Å². The van der Waals surface area contributed by atoms with Crippen molar-refractivity contribution in [2.24, 2.45) is 0 Å². The van der Waals surface area contributed by atoms with Crippen molar-refractivity contribution in [1.82, 2.24) is 4.98 Å². The van der Waals surface area contributed by atoms with Gasteiger partial charge in [-0.15, -0.1) is 11.3 Å². The second-order valence-corrected chi connectivity index (χ2v) is 7.13. The van der Waals surface area contributed by atoms with E-state index in [0.29, 0.717) is 6.61 Å². The van der Waals surface area contributed by atoms with Gasteiger partial charge < -0.3 is 10.1 Å². The van der Waals surface area contributed by atoms with Crippen LogP contribution < -0.4 is 5.32 Å². The van der Waals surface area contributed by atoms with E-state index in [-0.39, 0.29) is 11.5 Å².